The Morgan fingerprint density at radius 3 is 2.67 bits per heavy atom. The van der Waals surface area contributed by atoms with Crippen molar-refractivity contribution in [3.8, 4) is 0 Å². The summed E-state index contributed by atoms with van der Waals surface area (Å²) in [4.78, 5) is 28.1. The Hall–Kier alpha value is -1.86. The van der Waals surface area contributed by atoms with E-state index in [1.54, 1.807) is 13.8 Å². The van der Waals surface area contributed by atoms with Gasteiger partial charge in [-0.15, -0.1) is 0 Å². The van der Waals surface area contributed by atoms with E-state index in [2.05, 4.69) is 26.2 Å². The van der Waals surface area contributed by atoms with E-state index in [9.17, 15) is 18.0 Å². The molecular formula is C18H20BrN3O6S2. The minimum atomic E-state index is -3.80. The molecule has 1 saturated heterocycles. The average Bonchev–Trinajstić information content (AvgIpc) is 3.10. The van der Waals surface area contributed by atoms with Crippen molar-refractivity contribution in [3.63, 3.8) is 0 Å². The van der Waals surface area contributed by atoms with Crippen molar-refractivity contribution in [2.45, 2.75) is 31.0 Å². The Balaban J connectivity index is 1.65. The lowest BCUT2D eigenvalue weighted by Crippen LogP contribution is -2.48. The van der Waals surface area contributed by atoms with Gasteiger partial charge in [0, 0.05) is 13.1 Å². The maximum atomic E-state index is 13.0. The van der Waals surface area contributed by atoms with Crippen molar-refractivity contribution in [1.29, 1.82) is 0 Å². The SMILES string of the molecule is CC1CN(S(=O)(=O)c2cccc(C(=O)OCC(=O)Nc3ncc(Br)s3)c2)CC(C)O1. The van der Waals surface area contributed by atoms with Crippen LogP contribution in [0.4, 0.5) is 5.13 Å². The lowest BCUT2D eigenvalue weighted by atomic mass is 10.2. The van der Waals surface area contributed by atoms with E-state index in [-0.39, 0.29) is 35.8 Å². The number of anilines is 1. The lowest BCUT2D eigenvalue weighted by Gasteiger charge is -2.34. The Labute approximate surface area is 186 Å². The van der Waals surface area contributed by atoms with Gasteiger partial charge in [0.05, 0.1) is 32.7 Å². The maximum Gasteiger partial charge on any atom is 0.338 e. The van der Waals surface area contributed by atoms with E-state index in [4.69, 9.17) is 9.47 Å². The highest BCUT2D eigenvalue weighted by molar-refractivity contribution is 9.11. The standard InChI is InChI=1S/C18H20BrN3O6S2/c1-11-8-22(9-12(2)28-11)30(25,26)14-5-3-4-13(6-14)17(24)27-10-16(23)21-18-20-7-15(19)29-18/h3-7,11-12H,8-10H2,1-2H3,(H,20,21,23). The van der Waals surface area contributed by atoms with Crippen molar-refractivity contribution in [1.82, 2.24) is 9.29 Å². The van der Waals surface area contributed by atoms with E-state index >= 15 is 0 Å². The third-order valence-electron chi connectivity index (χ3n) is 4.15. The zero-order valence-corrected chi connectivity index (χ0v) is 19.4. The molecule has 1 N–H and O–H groups in total. The molecule has 9 nitrogen and oxygen atoms in total. The Kier molecular flexibility index (Phi) is 7.24. The topological polar surface area (TPSA) is 115 Å². The normalized spacial score (nSPS) is 20.0. The molecule has 162 valence electrons. The highest BCUT2D eigenvalue weighted by atomic mass is 79.9. The van der Waals surface area contributed by atoms with E-state index in [1.807, 2.05) is 0 Å². The number of carbonyl (C=O) groups is 2. The fraction of sp³-hybridized carbons (Fsp3) is 0.389. The first-order valence-corrected chi connectivity index (χ1v) is 12.0. The van der Waals surface area contributed by atoms with Crippen molar-refractivity contribution in [2.24, 2.45) is 0 Å². The van der Waals surface area contributed by atoms with E-state index in [0.717, 1.165) is 3.79 Å². The molecule has 2 aromatic rings. The fourth-order valence-electron chi connectivity index (χ4n) is 2.94. The molecule has 12 heteroatoms. The third-order valence-corrected chi connectivity index (χ3v) is 7.37. The molecule has 1 aromatic heterocycles. The number of ether oxygens (including phenoxy) is 2. The Morgan fingerprint density at radius 2 is 2.03 bits per heavy atom. The summed E-state index contributed by atoms with van der Waals surface area (Å²) in [5.41, 5.74) is 0.0372. The number of sulfonamides is 1. The van der Waals surface area contributed by atoms with Gasteiger partial charge in [-0.3, -0.25) is 10.1 Å². The number of carbonyl (C=O) groups excluding carboxylic acids is 2. The molecule has 1 fully saturated rings. The summed E-state index contributed by atoms with van der Waals surface area (Å²) in [6.45, 7) is 3.55. The number of benzene rings is 1. The second kappa shape index (κ2) is 9.52. The number of nitrogens with zero attached hydrogens (tertiary/aromatic N) is 2. The molecular weight excluding hydrogens is 498 g/mol. The molecule has 1 aromatic carbocycles. The second-order valence-electron chi connectivity index (χ2n) is 6.70. The summed E-state index contributed by atoms with van der Waals surface area (Å²) < 4.78 is 38.6. The third kappa shape index (κ3) is 5.64. The van der Waals surface area contributed by atoms with Crippen LogP contribution in [0.15, 0.2) is 39.1 Å². The molecule has 30 heavy (non-hydrogen) atoms. The molecule has 0 bridgehead atoms. The lowest BCUT2D eigenvalue weighted by molar-refractivity contribution is -0.119. The van der Waals surface area contributed by atoms with Gasteiger partial charge in [-0.2, -0.15) is 4.31 Å². The molecule has 0 aliphatic carbocycles. The number of halogens is 1. The van der Waals surface area contributed by atoms with Crippen molar-refractivity contribution in [3.05, 3.63) is 39.8 Å². The highest BCUT2D eigenvalue weighted by Crippen LogP contribution is 2.23. The van der Waals surface area contributed by atoms with Crippen LogP contribution in [0.1, 0.15) is 24.2 Å². The number of rotatable bonds is 6. The van der Waals surface area contributed by atoms with Crippen molar-refractivity contribution < 1.29 is 27.5 Å². The van der Waals surface area contributed by atoms with Crippen LogP contribution in [0.5, 0.6) is 0 Å². The van der Waals surface area contributed by atoms with Crippen LogP contribution in [0.25, 0.3) is 0 Å². The summed E-state index contributed by atoms with van der Waals surface area (Å²) in [5.74, 6) is -1.35. The van der Waals surface area contributed by atoms with Crippen LogP contribution < -0.4 is 5.32 Å². The summed E-state index contributed by atoms with van der Waals surface area (Å²) in [5, 5.41) is 2.87. The van der Waals surface area contributed by atoms with Gasteiger partial charge in [0.25, 0.3) is 5.91 Å². The molecule has 2 unspecified atom stereocenters. The maximum absolute atomic E-state index is 13.0. The van der Waals surface area contributed by atoms with Gasteiger partial charge in [-0.25, -0.2) is 18.2 Å². The fourth-order valence-corrected chi connectivity index (χ4v) is 5.70. The summed E-state index contributed by atoms with van der Waals surface area (Å²) in [7, 11) is -3.80. The first kappa shape index (κ1) is 22.8. The number of esters is 1. The van der Waals surface area contributed by atoms with Crippen LogP contribution in [0.3, 0.4) is 0 Å². The quantitative estimate of drug-likeness (QED) is 0.585. The van der Waals surface area contributed by atoms with Gasteiger partial charge >= 0.3 is 5.97 Å². The Bertz CT molecular complexity index is 1030. The monoisotopic (exact) mass is 517 g/mol. The molecule has 1 aliphatic rings. The molecule has 1 aliphatic heterocycles. The predicted octanol–water partition coefficient (Wildman–Crippen LogP) is 2.50. The molecule has 1 amide bonds. The number of hydrogen-bond donors (Lipinski definition) is 1. The number of nitrogens with one attached hydrogen (secondary N) is 1. The molecule has 2 heterocycles. The number of amides is 1. The minimum absolute atomic E-state index is 0.0182. The number of aromatic nitrogens is 1. The largest absolute Gasteiger partial charge is 0.452 e. The molecule has 2 atom stereocenters. The summed E-state index contributed by atoms with van der Waals surface area (Å²) in [6.07, 6.45) is 1.08. The average molecular weight is 518 g/mol. The van der Waals surface area contributed by atoms with Crippen molar-refractivity contribution >= 4 is 54.3 Å². The zero-order chi connectivity index (χ0) is 21.9. The van der Waals surface area contributed by atoms with E-state index < -0.39 is 28.5 Å². The molecule has 0 radical (unpaired) electrons. The zero-order valence-electron chi connectivity index (χ0n) is 16.2. The van der Waals surface area contributed by atoms with Crippen molar-refractivity contribution in [2.75, 3.05) is 25.0 Å². The summed E-state index contributed by atoms with van der Waals surface area (Å²) >= 11 is 4.45. The molecule has 0 saturated carbocycles. The van der Waals surface area contributed by atoms with Crippen LogP contribution in [0, 0.1) is 0 Å². The predicted molar refractivity (Wildman–Crippen MR) is 114 cm³/mol. The van der Waals surface area contributed by atoms with Gasteiger partial charge in [-0.1, -0.05) is 17.4 Å². The second-order valence-corrected chi connectivity index (χ2v) is 11.0. The molecule has 3 rings (SSSR count). The van der Waals surface area contributed by atoms with E-state index in [1.165, 1.54) is 46.1 Å². The minimum Gasteiger partial charge on any atom is -0.452 e. The molecule has 0 spiro atoms. The number of morpholine rings is 1. The van der Waals surface area contributed by atoms with Gasteiger partial charge < -0.3 is 9.47 Å². The first-order valence-electron chi connectivity index (χ1n) is 8.99. The van der Waals surface area contributed by atoms with Crippen LogP contribution in [-0.4, -0.2) is 61.5 Å². The van der Waals surface area contributed by atoms with Gasteiger partial charge in [0.15, 0.2) is 11.7 Å². The number of hydrogen-bond acceptors (Lipinski definition) is 8. The first-order chi connectivity index (χ1) is 14.1. The van der Waals surface area contributed by atoms with E-state index in [0.29, 0.717) is 5.13 Å². The summed E-state index contributed by atoms with van der Waals surface area (Å²) in [6, 6.07) is 5.56. The Morgan fingerprint density at radius 1 is 1.33 bits per heavy atom. The highest BCUT2D eigenvalue weighted by Gasteiger charge is 2.32. The van der Waals surface area contributed by atoms with Gasteiger partial charge in [-0.05, 0) is 48.0 Å². The van der Waals surface area contributed by atoms with Gasteiger partial charge in [0.1, 0.15) is 0 Å². The van der Waals surface area contributed by atoms with Crippen LogP contribution in [-0.2, 0) is 24.3 Å². The van der Waals surface area contributed by atoms with Crippen LogP contribution >= 0.6 is 27.3 Å². The van der Waals surface area contributed by atoms with Crippen LogP contribution in [0.2, 0.25) is 0 Å². The smallest absolute Gasteiger partial charge is 0.338 e. The number of thiazole rings is 1. The van der Waals surface area contributed by atoms with Gasteiger partial charge in [0.2, 0.25) is 10.0 Å².